The van der Waals surface area contributed by atoms with Crippen molar-refractivity contribution in [3.05, 3.63) is 82.9 Å². The quantitative estimate of drug-likeness (QED) is 0.207. The van der Waals surface area contributed by atoms with E-state index in [0.29, 0.717) is 48.5 Å². The summed E-state index contributed by atoms with van der Waals surface area (Å²) in [5.74, 6) is -1.16. The Labute approximate surface area is 255 Å². The zero-order chi connectivity index (χ0) is 30.6. The summed E-state index contributed by atoms with van der Waals surface area (Å²) in [5.41, 5.74) is 4.31. The second-order valence-electron chi connectivity index (χ2n) is 11.8. The van der Waals surface area contributed by atoms with Crippen molar-refractivity contribution in [1.82, 2.24) is 15.1 Å². The molecule has 3 heterocycles. The average molecular weight is 605 g/mol. The molecule has 0 saturated carbocycles. The highest BCUT2D eigenvalue weighted by molar-refractivity contribution is 6.11. The molecule has 0 aliphatic carbocycles. The number of likely N-dealkylation sites (N-methyl/N-ethyl adjacent to an activating group) is 1. The smallest absolute Gasteiger partial charge is 0.258 e. The van der Waals surface area contributed by atoms with Crippen LogP contribution in [0.15, 0.2) is 54.6 Å². The molecule has 3 aromatic carbocycles. The molecule has 0 bridgehead atoms. The number of carbonyl (C=O) groups excluding carboxylic acids is 1. The first-order valence-electron chi connectivity index (χ1n) is 15.1. The third-order valence-electron chi connectivity index (χ3n) is 8.46. The number of fused-ring (bicyclic) bond motifs is 1. The van der Waals surface area contributed by atoms with Gasteiger partial charge in [0, 0.05) is 75.3 Å². The number of aliphatic hydroxyl groups is 1. The monoisotopic (exact) mass is 604 g/mol. The lowest BCUT2D eigenvalue weighted by molar-refractivity contribution is 0.0904. The predicted octanol–water partition coefficient (Wildman–Crippen LogP) is 4.78. The molecule has 2 aliphatic rings. The molecule has 2 aliphatic heterocycles. The van der Waals surface area contributed by atoms with Crippen LogP contribution in [0, 0.1) is 11.6 Å². The van der Waals surface area contributed by atoms with Crippen LogP contribution in [0.5, 0.6) is 0 Å². The van der Waals surface area contributed by atoms with E-state index in [-0.39, 0.29) is 18.1 Å². The highest BCUT2D eigenvalue weighted by Crippen LogP contribution is 2.29. The van der Waals surface area contributed by atoms with Crippen LogP contribution < -0.4 is 15.5 Å². The van der Waals surface area contributed by atoms with Crippen LogP contribution in [0.25, 0.3) is 10.9 Å². The summed E-state index contributed by atoms with van der Waals surface area (Å²) in [5, 5.41) is 24.4. The van der Waals surface area contributed by atoms with Crippen LogP contribution >= 0.6 is 0 Å². The van der Waals surface area contributed by atoms with Crippen molar-refractivity contribution in [3.63, 3.8) is 0 Å². The number of benzene rings is 3. The number of likely N-dealkylation sites (tertiary alicyclic amines) is 1. The fraction of sp³-hybridized carbons (Fsp3) is 0.394. The standard InChI is InChI=1S/C33H38F2N6O3/c1-40(10-11-41-9-6-27(42)20-41)26-3-4-28(31(19-26)36-25-7-12-44-13-8-25)33(43)37-32-29-17-21(2-5-30(29)38-39-32)14-22-15-23(34)18-24(35)16-22/h2-5,15-19,25,27,36,42H,6-14,20H2,1H3,(H2,37,38,39,43)/t27-/m0/s1. The maximum Gasteiger partial charge on any atom is 0.258 e. The summed E-state index contributed by atoms with van der Waals surface area (Å²) in [6, 6.07) is 15.0. The SMILES string of the molecule is CN(CCN1CC[C@H](O)C1)c1ccc(C(=O)Nc2n[nH]c3ccc(Cc4cc(F)cc(F)c4)cc23)c(NC2CCOCC2)c1. The number of β-amino-alcohol motifs (C(OH)–C–C–N with tert-alkyl or cyclic N) is 1. The number of hydrogen-bond donors (Lipinski definition) is 4. The van der Waals surface area contributed by atoms with E-state index in [2.05, 4.69) is 30.6 Å². The zero-order valence-electron chi connectivity index (χ0n) is 24.8. The van der Waals surface area contributed by atoms with Gasteiger partial charge < -0.3 is 25.4 Å². The molecule has 11 heteroatoms. The van der Waals surface area contributed by atoms with E-state index in [0.717, 1.165) is 67.4 Å². The van der Waals surface area contributed by atoms with Gasteiger partial charge in [-0.05, 0) is 79.3 Å². The second-order valence-corrected chi connectivity index (χ2v) is 11.8. The molecule has 6 rings (SSSR count). The third-order valence-corrected chi connectivity index (χ3v) is 8.46. The maximum atomic E-state index is 13.7. The number of aromatic amines is 1. The van der Waals surface area contributed by atoms with Crippen molar-refractivity contribution in [2.45, 2.75) is 37.8 Å². The Morgan fingerprint density at radius 3 is 2.61 bits per heavy atom. The van der Waals surface area contributed by atoms with Gasteiger partial charge in [-0.2, -0.15) is 5.10 Å². The lowest BCUT2D eigenvalue weighted by atomic mass is 10.0. The number of halogens is 2. The number of aromatic nitrogens is 2. The molecule has 1 amide bonds. The average Bonchev–Trinajstić information content (AvgIpc) is 3.61. The molecule has 1 aromatic heterocycles. The molecular weight excluding hydrogens is 566 g/mol. The highest BCUT2D eigenvalue weighted by Gasteiger charge is 2.22. The molecule has 1 atom stereocenters. The van der Waals surface area contributed by atoms with E-state index in [1.165, 1.54) is 12.1 Å². The van der Waals surface area contributed by atoms with E-state index < -0.39 is 11.6 Å². The number of amides is 1. The van der Waals surface area contributed by atoms with Gasteiger partial charge in [-0.15, -0.1) is 0 Å². The minimum atomic E-state index is -0.619. The minimum Gasteiger partial charge on any atom is -0.392 e. The van der Waals surface area contributed by atoms with Crippen LogP contribution in [0.1, 0.15) is 40.7 Å². The van der Waals surface area contributed by atoms with Gasteiger partial charge >= 0.3 is 0 Å². The number of nitrogens with one attached hydrogen (secondary N) is 3. The van der Waals surface area contributed by atoms with Crippen LogP contribution in [0.4, 0.5) is 26.0 Å². The number of nitrogens with zero attached hydrogens (tertiary/aromatic N) is 3. The highest BCUT2D eigenvalue weighted by atomic mass is 19.1. The van der Waals surface area contributed by atoms with E-state index in [1.807, 2.05) is 43.4 Å². The number of anilines is 3. The Balaban J connectivity index is 1.21. The molecule has 0 spiro atoms. The Hall–Kier alpha value is -4.06. The van der Waals surface area contributed by atoms with Gasteiger partial charge in [-0.25, -0.2) is 8.78 Å². The van der Waals surface area contributed by atoms with E-state index >= 15 is 0 Å². The van der Waals surface area contributed by atoms with Gasteiger partial charge in [0.1, 0.15) is 11.6 Å². The van der Waals surface area contributed by atoms with Crippen LogP contribution in [-0.2, 0) is 11.2 Å². The molecule has 0 radical (unpaired) electrons. The van der Waals surface area contributed by atoms with Crippen LogP contribution in [0.3, 0.4) is 0 Å². The Morgan fingerprint density at radius 2 is 1.86 bits per heavy atom. The first-order chi connectivity index (χ1) is 21.3. The fourth-order valence-corrected chi connectivity index (χ4v) is 5.97. The topological polar surface area (TPSA) is 106 Å². The first kappa shape index (κ1) is 30.0. The summed E-state index contributed by atoms with van der Waals surface area (Å²) >= 11 is 0. The number of aliphatic hydroxyl groups excluding tert-OH is 1. The third kappa shape index (κ3) is 7.18. The lowest BCUT2D eigenvalue weighted by Gasteiger charge is -2.27. The number of hydrogen-bond acceptors (Lipinski definition) is 7. The largest absolute Gasteiger partial charge is 0.392 e. The summed E-state index contributed by atoms with van der Waals surface area (Å²) in [6.07, 6.45) is 2.59. The van der Waals surface area contributed by atoms with Gasteiger partial charge in [-0.3, -0.25) is 14.8 Å². The number of rotatable bonds is 10. The Morgan fingerprint density at radius 1 is 1.07 bits per heavy atom. The normalized spacial score (nSPS) is 17.7. The number of H-pyrrole nitrogens is 1. The molecule has 9 nitrogen and oxygen atoms in total. The number of ether oxygens (including phenoxy) is 1. The Bertz CT molecular complexity index is 1600. The van der Waals surface area contributed by atoms with Crippen molar-refractivity contribution >= 4 is 34.0 Å². The van der Waals surface area contributed by atoms with E-state index in [9.17, 15) is 18.7 Å². The summed E-state index contributed by atoms with van der Waals surface area (Å²) < 4.78 is 33.0. The van der Waals surface area contributed by atoms with Crippen LogP contribution in [-0.4, -0.2) is 84.7 Å². The molecule has 4 aromatic rings. The first-order valence-corrected chi connectivity index (χ1v) is 15.1. The van der Waals surface area contributed by atoms with Crippen molar-refractivity contribution < 1.29 is 23.4 Å². The molecule has 2 fully saturated rings. The van der Waals surface area contributed by atoms with E-state index in [1.54, 1.807) is 0 Å². The summed E-state index contributed by atoms with van der Waals surface area (Å²) in [6.45, 7) is 4.59. The molecule has 0 unspecified atom stereocenters. The maximum absolute atomic E-state index is 13.7. The molecular formula is C33H38F2N6O3. The van der Waals surface area contributed by atoms with Gasteiger partial charge in [0.05, 0.1) is 17.2 Å². The minimum absolute atomic E-state index is 0.184. The van der Waals surface area contributed by atoms with Gasteiger partial charge in [-0.1, -0.05) is 6.07 Å². The van der Waals surface area contributed by atoms with Gasteiger partial charge in [0.2, 0.25) is 0 Å². The summed E-state index contributed by atoms with van der Waals surface area (Å²) in [7, 11) is 2.03. The second kappa shape index (κ2) is 13.3. The molecule has 2 saturated heterocycles. The summed E-state index contributed by atoms with van der Waals surface area (Å²) in [4.78, 5) is 18.1. The zero-order valence-corrected chi connectivity index (χ0v) is 24.8. The van der Waals surface area contributed by atoms with Crippen LogP contribution in [0.2, 0.25) is 0 Å². The van der Waals surface area contributed by atoms with Gasteiger partial charge in [0.15, 0.2) is 5.82 Å². The van der Waals surface area contributed by atoms with E-state index in [4.69, 9.17) is 4.74 Å². The Kier molecular flexibility index (Phi) is 9.06. The van der Waals surface area contributed by atoms with Crippen molar-refractivity contribution in [1.29, 1.82) is 0 Å². The molecule has 4 N–H and O–H groups in total. The fourth-order valence-electron chi connectivity index (χ4n) is 5.97. The van der Waals surface area contributed by atoms with Crippen molar-refractivity contribution in [3.8, 4) is 0 Å². The molecule has 44 heavy (non-hydrogen) atoms. The predicted molar refractivity (Wildman–Crippen MR) is 167 cm³/mol. The lowest BCUT2D eigenvalue weighted by Crippen LogP contribution is -2.32. The number of carbonyl (C=O) groups is 1. The van der Waals surface area contributed by atoms with Gasteiger partial charge in [0.25, 0.3) is 5.91 Å². The van der Waals surface area contributed by atoms with Crippen molar-refractivity contribution in [2.75, 3.05) is 62.0 Å². The molecule has 232 valence electrons. The van der Waals surface area contributed by atoms with Crippen molar-refractivity contribution in [2.24, 2.45) is 0 Å².